The topological polar surface area (TPSA) is 18.5 Å². The van der Waals surface area contributed by atoms with Crippen LogP contribution in [-0.4, -0.2) is 19.0 Å². The minimum absolute atomic E-state index is 0.224. The molecule has 7 atom stereocenters. The van der Waals surface area contributed by atoms with E-state index in [9.17, 15) is 0 Å². The van der Waals surface area contributed by atoms with Gasteiger partial charge in [-0.15, -0.1) is 0 Å². The van der Waals surface area contributed by atoms with Crippen molar-refractivity contribution in [3.05, 3.63) is 0 Å². The summed E-state index contributed by atoms with van der Waals surface area (Å²) in [6, 6.07) is 0. The van der Waals surface area contributed by atoms with Crippen LogP contribution in [0.25, 0.3) is 0 Å². The fourth-order valence-corrected chi connectivity index (χ4v) is 6.75. The van der Waals surface area contributed by atoms with Gasteiger partial charge in [0, 0.05) is 11.8 Å². The summed E-state index contributed by atoms with van der Waals surface area (Å²) in [4.78, 5) is 0. The standard InChI is InChI=1S/C19H32O2/c1-12-11-16-15(14(3)13(12)2)5-7-18(4)17(16)6-8-19(18)20-9-10-21-19/h12-17H,5-11H2,1-4H3. The molecule has 0 amide bonds. The van der Waals surface area contributed by atoms with Crippen LogP contribution >= 0.6 is 0 Å². The molecule has 3 saturated carbocycles. The van der Waals surface area contributed by atoms with E-state index in [2.05, 4.69) is 27.7 Å². The van der Waals surface area contributed by atoms with E-state index in [1.807, 2.05) is 0 Å². The summed E-state index contributed by atoms with van der Waals surface area (Å²) in [7, 11) is 0. The highest BCUT2D eigenvalue weighted by atomic mass is 16.7. The van der Waals surface area contributed by atoms with E-state index >= 15 is 0 Å². The van der Waals surface area contributed by atoms with Crippen LogP contribution in [0.15, 0.2) is 0 Å². The average molecular weight is 292 g/mol. The third kappa shape index (κ3) is 1.78. The third-order valence-electron chi connectivity index (χ3n) is 8.34. The van der Waals surface area contributed by atoms with Crippen molar-refractivity contribution in [2.24, 2.45) is 40.9 Å². The first kappa shape index (κ1) is 14.5. The lowest BCUT2D eigenvalue weighted by Crippen LogP contribution is -2.54. The summed E-state index contributed by atoms with van der Waals surface area (Å²) in [6.45, 7) is 11.6. The van der Waals surface area contributed by atoms with E-state index in [4.69, 9.17) is 9.47 Å². The average Bonchev–Trinajstić information content (AvgIpc) is 3.04. The van der Waals surface area contributed by atoms with Gasteiger partial charge in [0.15, 0.2) is 5.79 Å². The SMILES string of the molecule is CC1CC2C(CCC3(C)C2CCC32OCCO2)C(C)C1C. The Balaban J connectivity index is 1.65. The number of hydrogen-bond donors (Lipinski definition) is 0. The van der Waals surface area contributed by atoms with Crippen LogP contribution in [0.1, 0.15) is 59.8 Å². The van der Waals surface area contributed by atoms with Gasteiger partial charge in [-0.05, 0) is 61.2 Å². The molecule has 4 aliphatic rings. The van der Waals surface area contributed by atoms with Crippen molar-refractivity contribution >= 4 is 0 Å². The molecule has 0 aromatic carbocycles. The predicted octanol–water partition coefficient (Wildman–Crippen LogP) is 4.48. The zero-order valence-electron chi connectivity index (χ0n) is 14.2. The number of ether oxygens (including phenoxy) is 2. The van der Waals surface area contributed by atoms with Crippen LogP contribution < -0.4 is 0 Å². The predicted molar refractivity (Wildman–Crippen MR) is 83.8 cm³/mol. The van der Waals surface area contributed by atoms with Gasteiger partial charge in [-0.3, -0.25) is 0 Å². The van der Waals surface area contributed by atoms with Gasteiger partial charge in [0.2, 0.25) is 0 Å². The normalized spacial score (nSPS) is 55.4. The molecule has 0 bridgehead atoms. The van der Waals surface area contributed by atoms with Crippen molar-refractivity contribution in [1.29, 1.82) is 0 Å². The van der Waals surface area contributed by atoms with Gasteiger partial charge < -0.3 is 9.47 Å². The monoisotopic (exact) mass is 292 g/mol. The molecule has 120 valence electrons. The fraction of sp³-hybridized carbons (Fsp3) is 1.00. The first-order valence-corrected chi connectivity index (χ1v) is 9.26. The molecule has 4 rings (SSSR count). The molecule has 1 saturated heterocycles. The van der Waals surface area contributed by atoms with Gasteiger partial charge in [-0.1, -0.05) is 27.7 Å². The second-order valence-corrected chi connectivity index (χ2v) is 8.81. The first-order valence-electron chi connectivity index (χ1n) is 9.26. The molecule has 1 heterocycles. The molecule has 7 unspecified atom stereocenters. The Morgan fingerprint density at radius 1 is 0.857 bits per heavy atom. The zero-order valence-corrected chi connectivity index (χ0v) is 14.2. The number of rotatable bonds is 0. The Hall–Kier alpha value is -0.0800. The maximum Gasteiger partial charge on any atom is 0.174 e. The van der Waals surface area contributed by atoms with Gasteiger partial charge in [-0.25, -0.2) is 0 Å². The van der Waals surface area contributed by atoms with Crippen molar-refractivity contribution in [2.75, 3.05) is 13.2 Å². The molecular formula is C19H32O2. The zero-order chi connectivity index (χ0) is 14.8. The van der Waals surface area contributed by atoms with Crippen LogP contribution in [0.4, 0.5) is 0 Å². The van der Waals surface area contributed by atoms with E-state index in [0.29, 0.717) is 0 Å². The lowest BCUT2D eigenvalue weighted by atomic mass is 9.50. The van der Waals surface area contributed by atoms with Crippen LogP contribution in [0.2, 0.25) is 0 Å². The maximum atomic E-state index is 6.21. The minimum Gasteiger partial charge on any atom is -0.347 e. The molecule has 2 heteroatoms. The van der Waals surface area contributed by atoms with Crippen molar-refractivity contribution in [3.63, 3.8) is 0 Å². The highest BCUT2D eigenvalue weighted by molar-refractivity contribution is 5.10. The Kier molecular flexibility index (Phi) is 3.25. The van der Waals surface area contributed by atoms with Gasteiger partial charge in [0.05, 0.1) is 13.2 Å². The lowest BCUT2D eigenvalue weighted by molar-refractivity contribution is -0.243. The van der Waals surface area contributed by atoms with Crippen LogP contribution in [0.3, 0.4) is 0 Å². The number of hydrogen-bond acceptors (Lipinski definition) is 2. The fourth-order valence-electron chi connectivity index (χ4n) is 6.75. The second-order valence-electron chi connectivity index (χ2n) is 8.81. The van der Waals surface area contributed by atoms with Crippen molar-refractivity contribution in [3.8, 4) is 0 Å². The third-order valence-corrected chi connectivity index (χ3v) is 8.34. The van der Waals surface area contributed by atoms with Crippen LogP contribution in [0, 0.1) is 40.9 Å². The molecule has 1 spiro atoms. The van der Waals surface area contributed by atoms with Gasteiger partial charge in [-0.2, -0.15) is 0 Å². The summed E-state index contributed by atoms with van der Waals surface area (Å²) >= 11 is 0. The van der Waals surface area contributed by atoms with Crippen molar-refractivity contribution < 1.29 is 9.47 Å². The Morgan fingerprint density at radius 3 is 2.29 bits per heavy atom. The smallest absolute Gasteiger partial charge is 0.174 e. The van der Waals surface area contributed by atoms with Gasteiger partial charge in [0.1, 0.15) is 0 Å². The summed E-state index contributed by atoms with van der Waals surface area (Å²) in [6.07, 6.45) is 6.60. The quantitative estimate of drug-likeness (QED) is 0.655. The molecule has 21 heavy (non-hydrogen) atoms. The van der Waals surface area contributed by atoms with E-state index < -0.39 is 0 Å². The molecule has 1 aliphatic heterocycles. The highest BCUT2D eigenvalue weighted by Crippen LogP contribution is 2.66. The summed E-state index contributed by atoms with van der Waals surface area (Å²) in [5, 5.41) is 0. The maximum absolute atomic E-state index is 6.21. The van der Waals surface area contributed by atoms with Crippen molar-refractivity contribution in [1.82, 2.24) is 0 Å². The lowest BCUT2D eigenvalue weighted by Gasteiger charge is -2.56. The van der Waals surface area contributed by atoms with Crippen molar-refractivity contribution in [2.45, 2.75) is 65.6 Å². The molecule has 0 N–H and O–H groups in total. The molecule has 2 nitrogen and oxygen atoms in total. The van der Waals surface area contributed by atoms with Gasteiger partial charge in [0.25, 0.3) is 0 Å². The van der Waals surface area contributed by atoms with E-state index in [-0.39, 0.29) is 11.2 Å². The largest absolute Gasteiger partial charge is 0.347 e. The molecule has 4 fully saturated rings. The molecule has 3 aliphatic carbocycles. The highest BCUT2D eigenvalue weighted by Gasteiger charge is 2.65. The van der Waals surface area contributed by atoms with Crippen LogP contribution in [0.5, 0.6) is 0 Å². The Morgan fingerprint density at radius 2 is 1.57 bits per heavy atom. The first-order chi connectivity index (χ1) is 9.98. The van der Waals surface area contributed by atoms with E-state index in [1.165, 1.54) is 25.7 Å². The van der Waals surface area contributed by atoms with Gasteiger partial charge >= 0.3 is 0 Å². The minimum atomic E-state index is -0.224. The second kappa shape index (κ2) is 4.71. The summed E-state index contributed by atoms with van der Waals surface area (Å²) in [5.74, 6) is 5.13. The number of fused-ring (bicyclic) bond motifs is 4. The van der Waals surface area contributed by atoms with Crippen LogP contribution in [-0.2, 0) is 9.47 Å². The molecule has 0 aromatic heterocycles. The summed E-state index contributed by atoms with van der Waals surface area (Å²) < 4.78 is 12.4. The summed E-state index contributed by atoms with van der Waals surface area (Å²) in [5.41, 5.74) is 0.269. The molecule has 0 aromatic rings. The molecule has 0 radical (unpaired) electrons. The Bertz CT molecular complexity index is 414. The Labute approximate surface area is 130 Å². The van der Waals surface area contributed by atoms with E-state index in [0.717, 1.165) is 55.1 Å². The molecular weight excluding hydrogens is 260 g/mol. The van der Waals surface area contributed by atoms with E-state index in [1.54, 1.807) is 0 Å².